The van der Waals surface area contributed by atoms with E-state index in [4.69, 9.17) is 0 Å². The van der Waals surface area contributed by atoms with E-state index in [2.05, 4.69) is 10.2 Å². The minimum Gasteiger partial charge on any atom is -0.507 e. The predicted molar refractivity (Wildman–Crippen MR) is 115 cm³/mol. The highest BCUT2D eigenvalue weighted by Gasteiger charge is 2.42. The van der Waals surface area contributed by atoms with Gasteiger partial charge in [0.1, 0.15) is 23.0 Å². The lowest BCUT2D eigenvalue weighted by molar-refractivity contribution is 0.0746. The van der Waals surface area contributed by atoms with Crippen LogP contribution in [0.25, 0.3) is 11.3 Å². The van der Waals surface area contributed by atoms with Gasteiger partial charge >= 0.3 is 0 Å². The smallest absolute Gasteiger partial charge is 0.273 e. The quantitative estimate of drug-likeness (QED) is 0.498. The number of aromatic nitrogens is 2. The largest absolute Gasteiger partial charge is 0.507 e. The number of nitrogens with zero attached hydrogens (tertiary/aromatic N) is 2. The molecule has 5 nitrogen and oxygen atoms in total. The Morgan fingerprint density at radius 3 is 2.42 bits per heavy atom. The van der Waals surface area contributed by atoms with Crippen molar-refractivity contribution in [3.8, 4) is 17.0 Å². The Bertz CT molecular complexity index is 1240. The molecule has 1 atom stereocenters. The van der Waals surface area contributed by atoms with Crippen molar-refractivity contribution < 1.29 is 14.3 Å². The summed E-state index contributed by atoms with van der Waals surface area (Å²) in [5.41, 5.74) is 4.09. The molecule has 0 saturated carbocycles. The number of rotatable bonds is 5. The van der Waals surface area contributed by atoms with Gasteiger partial charge in [-0.1, -0.05) is 54.6 Å². The topological polar surface area (TPSA) is 69.2 Å². The number of phenolic OH excluding ortho intramolecular Hbond substituents is 1. The highest BCUT2D eigenvalue weighted by Crippen LogP contribution is 2.44. The fraction of sp³-hybridized carbons (Fsp3) is 0.120. The number of nitrogens with one attached hydrogen (secondary N) is 1. The molecule has 2 heterocycles. The molecule has 0 aliphatic carbocycles. The molecule has 31 heavy (non-hydrogen) atoms. The van der Waals surface area contributed by atoms with Gasteiger partial charge in [-0.3, -0.25) is 9.89 Å². The van der Waals surface area contributed by atoms with Crippen LogP contribution in [-0.4, -0.2) is 32.7 Å². The standard InChI is InChI=1S/C25H20FN3O2/c26-18-12-10-17(11-13-18)24-21-22(19-8-4-5-9-20(19)30)27-28-23(21)25(31)29(24)15-14-16-6-2-1-3-7-16/h1-13,24,30H,14-15H2,(H,27,28)/t24-/m0/s1. The van der Waals surface area contributed by atoms with Gasteiger partial charge in [-0.15, -0.1) is 0 Å². The van der Waals surface area contributed by atoms with Crippen molar-refractivity contribution in [3.63, 3.8) is 0 Å². The molecule has 5 rings (SSSR count). The molecule has 2 N–H and O–H groups in total. The number of aromatic hydroxyl groups is 1. The Labute approximate surface area is 178 Å². The first-order valence-electron chi connectivity index (χ1n) is 10.1. The Kier molecular flexibility index (Phi) is 4.75. The molecule has 1 aliphatic rings. The Morgan fingerprint density at radius 2 is 1.68 bits per heavy atom. The van der Waals surface area contributed by atoms with Crippen molar-refractivity contribution in [1.29, 1.82) is 0 Å². The van der Waals surface area contributed by atoms with Crippen LogP contribution in [0.15, 0.2) is 78.9 Å². The van der Waals surface area contributed by atoms with Gasteiger partial charge in [-0.2, -0.15) is 5.10 Å². The van der Waals surface area contributed by atoms with Crippen molar-refractivity contribution in [2.24, 2.45) is 0 Å². The summed E-state index contributed by atoms with van der Waals surface area (Å²) in [4.78, 5) is 15.1. The minimum absolute atomic E-state index is 0.0878. The number of hydrogen-bond donors (Lipinski definition) is 2. The number of aromatic amines is 1. The first kappa shape index (κ1) is 19.1. The SMILES string of the molecule is O=C1c2[nH]nc(-c3ccccc3O)c2[C@H](c2ccc(F)cc2)N1CCc1ccccc1. The lowest BCUT2D eigenvalue weighted by Gasteiger charge is -2.26. The number of amides is 1. The maximum atomic E-state index is 13.6. The van der Waals surface area contributed by atoms with Gasteiger partial charge in [0, 0.05) is 17.7 Å². The summed E-state index contributed by atoms with van der Waals surface area (Å²) >= 11 is 0. The zero-order chi connectivity index (χ0) is 21.4. The molecule has 1 amide bonds. The fourth-order valence-electron chi connectivity index (χ4n) is 4.19. The molecular formula is C25H20FN3O2. The number of para-hydroxylation sites is 1. The molecule has 3 aromatic carbocycles. The highest BCUT2D eigenvalue weighted by molar-refractivity contribution is 6.00. The zero-order valence-corrected chi connectivity index (χ0v) is 16.6. The Morgan fingerprint density at radius 1 is 0.968 bits per heavy atom. The summed E-state index contributed by atoms with van der Waals surface area (Å²) in [6.07, 6.45) is 0.688. The molecular weight excluding hydrogens is 393 g/mol. The number of carbonyl (C=O) groups is 1. The molecule has 0 saturated heterocycles. The maximum Gasteiger partial charge on any atom is 0.273 e. The van der Waals surface area contributed by atoms with Gasteiger partial charge in [0.05, 0.1) is 6.04 Å². The van der Waals surface area contributed by atoms with E-state index in [0.29, 0.717) is 35.5 Å². The highest BCUT2D eigenvalue weighted by atomic mass is 19.1. The van der Waals surface area contributed by atoms with Gasteiger partial charge in [-0.05, 0) is 41.8 Å². The summed E-state index contributed by atoms with van der Waals surface area (Å²) in [6, 6.07) is 22.6. The van der Waals surface area contributed by atoms with Crippen molar-refractivity contribution in [3.05, 3.63) is 107 Å². The van der Waals surface area contributed by atoms with Crippen LogP contribution in [0.1, 0.15) is 33.2 Å². The summed E-state index contributed by atoms with van der Waals surface area (Å²) in [7, 11) is 0. The number of fused-ring (bicyclic) bond motifs is 1. The van der Waals surface area contributed by atoms with Crippen molar-refractivity contribution >= 4 is 5.91 Å². The second kappa shape index (κ2) is 7.72. The van der Waals surface area contributed by atoms with Gasteiger partial charge in [0.15, 0.2) is 0 Å². The third-order valence-corrected chi connectivity index (χ3v) is 5.69. The van der Waals surface area contributed by atoms with Crippen LogP contribution < -0.4 is 0 Å². The van der Waals surface area contributed by atoms with Gasteiger partial charge in [0.2, 0.25) is 0 Å². The summed E-state index contributed by atoms with van der Waals surface area (Å²) in [5, 5.41) is 17.6. The Balaban J connectivity index is 1.59. The van der Waals surface area contributed by atoms with Crippen LogP contribution >= 0.6 is 0 Å². The van der Waals surface area contributed by atoms with Crippen molar-refractivity contribution in [2.75, 3.05) is 6.54 Å². The van der Waals surface area contributed by atoms with E-state index in [1.165, 1.54) is 12.1 Å². The van der Waals surface area contributed by atoms with E-state index < -0.39 is 6.04 Å². The van der Waals surface area contributed by atoms with Gasteiger partial charge < -0.3 is 10.0 Å². The lowest BCUT2D eigenvalue weighted by atomic mass is 9.95. The molecule has 0 radical (unpaired) electrons. The third-order valence-electron chi connectivity index (χ3n) is 5.69. The third kappa shape index (κ3) is 3.36. The monoisotopic (exact) mass is 413 g/mol. The van der Waals surface area contributed by atoms with Crippen LogP contribution in [0.5, 0.6) is 5.75 Å². The number of phenols is 1. The molecule has 4 aromatic rings. The van der Waals surface area contributed by atoms with E-state index in [-0.39, 0.29) is 17.5 Å². The second-order valence-corrected chi connectivity index (χ2v) is 7.57. The average Bonchev–Trinajstić information content (AvgIpc) is 3.33. The van der Waals surface area contributed by atoms with Crippen LogP contribution in [0.3, 0.4) is 0 Å². The van der Waals surface area contributed by atoms with Crippen LogP contribution in [-0.2, 0) is 6.42 Å². The van der Waals surface area contributed by atoms with Crippen molar-refractivity contribution in [2.45, 2.75) is 12.5 Å². The first-order valence-corrected chi connectivity index (χ1v) is 10.1. The number of H-pyrrole nitrogens is 1. The zero-order valence-electron chi connectivity index (χ0n) is 16.6. The van der Waals surface area contributed by atoms with Crippen LogP contribution in [0.2, 0.25) is 0 Å². The maximum absolute atomic E-state index is 13.6. The molecule has 0 unspecified atom stereocenters. The molecule has 0 fully saturated rings. The van der Waals surface area contributed by atoms with E-state index in [0.717, 1.165) is 11.1 Å². The molecule has 0 bridgehead atoms. The second-order valence-electron chi connectivity index (χ2n) is 7.57. The van der Waals surface area contributed by atoms with E-state index in [1.807, 2.05) is 36.4 Å². The summed E-state index contributed by atoms with van der Waals surface area (Å²) in [5.74, 6) is -0.406. The van der Waals surface area contributed by atoms with Crippen LogP contribution in [0.4, 0.5) is 4.39 Å². The molecule has 1 aromatic heterocycles. The minimum atomic E-state index is -0.430. The Hall–Kier alpha value is -3.93. The summed E-state index contributed by atoms with van der Waals surface area (Å²) in [6.45, 7) is 0.494. The molecule has 6 heteroatoms. The van der Waals surface area contributed by atoms with Gasteiger partial charge in [0.25, 0.3) is 5.91 Å². The number of hydrogen-bond acceptors (Lipinski definition) is 3. The average molecular weight is 413 g/mol. The normalized spacial score (nSPS) is 15.3. The number of benzene rings is 3. The fourth-order valence-corrected chi connectivity index (χ4v) is 4.19. The molecule has 154 valence electrons. The lowest BCUT2D eigenvalue weighted by Crippen LogP contribution is -2.31. The van der Waals surface area contributed by atoms with E-state index in [1.54, 1.807) is 35.2 Å². The van der Waals surface area contributed by atoms with Gasteiger partial charge in [-0.25, -0.2) is 4.39 Å². The van der Waals surface area contributed by atoms with Crippen LogP contribution in [0, 0.1) is 5.82 Å². The number of carbonyl (C=O) groups excluding carboxylic acids is 1. The van der Waals surface area contributed by atoms with E-state index in [9.17, 15) is 14.3 Å². The molecule has 0 spiro atoms. The van der Waals surface area contributed by atoms with E-state index >= 15 is 0 Å². The molecule has 1 aliphatic heterocycles. The number of halogens is 1. The summed E-state index contributed by atoms with van der Waals surface area (Å²) < 4.78 is 13.6. The van der Waals surface area contributed by atoms with Crippen molar-refractivity contribution in [1.82, 2.24) is 15.1 Å². The predicted octanol–water partition coefficient (Wildman–Crippen LogP) is 4.71. The first-order chi connectivity index (χ1) is 15.1.